The monoisotopic (exact) mass is 238 g/mol. The molecule has 1 aromatic rings. The van der Waals surface area contributed by atoms with Crippen molar-refractivity contribution in [2.24, 2.45) is 5.41 Å². The summed E-state index contributed by atoms with van der Waals surface area (Å²) in [5.74, 6) is 0. The maximum atomic E-state index is 4.50. The zero-order chi connectivity index (χ0) is 11.8. The van der Waals surface area contributed by atoms with Crippen LogP contribution in [0, 0.1) is 5.41 Å². The van der Waals surface area contributed by atoms with Gasteiger partial charge in [0.1, 0.15) is 5.01 Å². The second kappa shape index (κ2) is 4.46. The maximum absolute atomic E-state index is 4.50. The Morgan fingerprint density at radius 1 is 1.50 bits per heavy atom. The minimum absolute atomic E-state index is 0.387. The number of hydrogen-bond acceptors (Lipinski definition) is 3. The van der Waals surface area contributed by atoms with Gasteiger partial charge in [-0.15, -0.1) is 11.3 Å². The third-order valence-electron chi connectivity index (χ3n) is 3.87. The summed E-state index contributed by atoms with van der Waals surface area (Å²) in [6.45, 7) is 9.08. The first-order valence-electron chi connectivity index (χ1n) is 6.26. The highest BCUT2D eigenvalue weighted by Crippen LogP contribution is 2.48. The molecule has 1 fully saturated rings. The molecule has 2 unspecified atom stereocenters. The number of hydrogen-bond donors (Lipinski definition) is 1. The van der Waals surface area contributed by atoms with Gasteiger partial charge in [-0.2, -0.15) is 0 Å². The zero-order valence-corrected chi connectivity index (χ0v) is 11.5. The van der Waals surface area contributed by atoms with E-state index in [2.05, 4.69) is 38.0 Å². The van der Waals surface area contributed by atoms with E-state index in [0.29, 0.717) is 17.5 Å². The molecule has 90 valence electrons. The van der Waals surface area contributed by atoms with Crippen LogP contribution in [0.25, 0.3) is 0 Å². The van der Waals surface area contributed by atoms with Crippen LogP contribution in [0.2, 0.25) is 0 Å². The second-order valence-corrected chi connectivity index (χ2v) is 6.43. The Hall–Kier alpha value is -0.410. The van der Waals surface area contributed by atoms with Crippen molar-refractivity contribution in [2.45, 2.75) is 59.0 Å². The number of aromatic nitrogens is 1. The molecule has 2 rings (SSSR count). The summed E-state index contributed by atoms with van der Waals surface area (Å²) >= 11 is 1.84. The van der Waals surface area contributed by atoms with Gasteiger partial charge in [0.15, 0.2) is 0 Å². The first-order chi connectivity index (χ1) is 7.55. The first-order valence-corrected chi connectivity index (χ1v) is 7.07. The Morgan fingerprint density at radius 3 is 2.69 bits per heavy atom. The van der Waals surface area contributed by atoms with Gasteiger partial charge < -0.3 is 5.32 Å². The normalized spacial score (nSPS) is 21.8. The van der Waals surface area contributed by atoms with E-state index >= 15 is 0 Å². The Labute approximate surface area is 102 Å². The van der Waals surface area contributed by atoms with Crippen molar-refractivity contribution in [3.05, 3.63) is 16.1 Å². The molecule has 0 spiro atoms. The summed E-state index contributed by atoms with van der Waals surface area (Å²) in [7, 11) is 0. The summed E-state index contributed by atoms with van der Waals surface area (Å²) in [6.07, 6.45) is 5.84. The highest BCUT2D eigenvalue weighted by atomic mass is 32.1. The molecule has 0 aromatic carbocycles. The molecule has 0 aliphatic heterocycles. The van der Waals surface area contributed by atoms with Gasteiger partial charge in [-0.05, 0) is 38.5 Å². The van der Waals surface area contributed by atoms with Crippen LogP contribution in [0.3, 0.4) is 0 Å². The van der Waals surface area contributed by atoms with E-state index in [-0.39, 0.29) is 0 Å². The van der Waals surface area contributed by atoms with Crippen molar-refractivity contribution in [2.75, 3.05) is 0 Å². The van der Waals surface area contributed by atoms with Crippen LogP contribution >= 0.6 is 11.3 Å². The summed E-state index contributed by atoms with van der Waals surface area (Å²) in [5.41, 5.74) is 0.541. The van der Waals surface area contributed by atoms with Crippen LogP contribution in [0.1, 0.15) is 56.5 Å². The van der Waals surface area contributed by atoms with Crippen LogP contribution < -0.4 is 5.32 Å². The van der Waals surface area contributed by atoms with Crippen LogP contribution in [-0.4, -0.2) is 11.0 Å². The number of thiazole rings is 1. The molecule has 0 saturated heterocycles. The van der Waals surface area contributed by atoms with Gasteiger partial charge in [-0.1, -0.05) is 13.8 Å². The molecular weight excluding hydrogens is 216 g/mol. The maximum Gasteiger partial charge on any atom is 0.109 e. The topological polar surface area (TPSA) is 24.9 Å². The number of nitrogens with zero attached hydrogens (tertiary/aromatic N) is 1. The Balaban J connectivity index is 1.94. The quantitative estimate of drug-likeness (QED) is 0.848. The van der Waals surface area contributed by atoms with Gasteiger partial charge in [0, 0.05) is 17.1 Å². The lowest BCUT2D eigenvalue weighted by Gasteiger charge is -2.23. The van der Waals surface area contributed by atoms with E-state index in [4.69, 9.17) is 0 Å². The van der Waals surface area contributed by atoms with Gasteiger partial charge in [-0.25, -0.2) is 4.98 Å². The fourth-order valence-corrected chi connectivity index (χ4v) is 2.83. The summed E-state index contributed by atoms with van der Waals surface area (Å²) in [4.78, 5) is 5.88. The molecule has 1 aliphatic rings. The molecule has 1 aromatic heterocycles. The summed E-state index contributed by atoms with van der Waals surface area (Å²) in [5, 5.41) is 4.91. The van der Waals surface area contributed by atoms with Gasteiger partial charge in [-0.3, -0.25) is 0 Å². The van der Waals surface area contributed by atoms with Crippen molar-refractivity contribution in [3.8, 4) is 0 Å². The molecular formula is C13H22N2S. The van der Waals surface area contributed by atoms with E-state index in [0.717, 1.165) is 6.42 Å². The second-order valence-electron chi connectivity index (χ2n) is 5.28. The van der Waals surface area contributed by atoms with Crippen LogP contribution in [-0.2, 0) is 6.42 Å². The van der Waals surface area contributed by atoms with E-state index in [1.54, 1.807) is 0 Å². The van der Waals surface area contributed by atoms with Crippen molar-refractivity contribution < 1.29 is 0 Å². The van der Waals surface area contributed by atoms with Crippen molar-refractivity contribution in [1.29, 1.82) is 0 Å². The minimum Gasteiger partial charge on any atom is -0.305 e. The highest BCUT2D eigenvalue weighted by molar-refractivity contribution is 7.11. The van der Waals surface area contributed by atoms with Gasteiger partial charge >= 0.3 is 0 Å². The summed E-state index contributed by atoms with van der Waals surface area (Å²) in [6, 6.07) is 0.981. The minimum atomic E-state index is 0.387. The third kappa shape index (κ3) is 2.46. The molecule has 16 heavy (non-hydrogen) atoms. The molecule has 3 heteroatoms. The fraction of sp³-hybridized carbons (Fsp3) is 0.769. The Kier molecular flexibility index (Phi) is 3.36. The van der Waals surface area contributed by atoms with Crippen molar-refractivity contribution in [1.82, 2.24) is 10.3 Å². The predicted octanol–water partition coefficient (Wildman–Crippen LogP) is 3.54. The van der Waals surface area contributed by atoms with Gasteiger partial charge in [0.25, 0.3) is 0 Å². The van der Waals surface area contributed by atoms with Crippen molar-refractivity contribution in [3.63, 3.8) is 0 Å². The fourth-order valence-electron chi connectivity index (χ4n) is 1.96. The molecule has 1 aliphatic carbocycles. The lowest BCUT2D eigenvalue weighted by molar-refractivity contribution is 0.350. The van der Waals surface area contributed by atoms with E-state index in [9.17, 15) is 0 Å². The van der Waals surface area contributed by atoms with E-state index < -0.39 is 0 Å². The first kappa shape index (κ1) is 12.1. The molecule has 0 amide bonds. The highest BCUT2D eigenvalue weighted by Gasteiger charge is 2.42. The number of rotatable bonds is 5. The molecule has 0 bridgehead atoms. The van der Waals surface area contributed by atoms with Gasteiger partial charge in [0.2, 0.25) is 0 Å². The lowest BCUT2D eigenvalue weighted by Crippen LogP contribution is -2.35. The average Bonchev–Trinajstić information content (AvgIpc) is 2.84. The average molecular weight is 238 g/mol. The molecule has 1 N–H and O–H groups in total. The van der Waals surface area contributed by atoms with Crippen LogP contribution in [0.5, 0.6) is 0 Å². The Bertz CT molecular complexity index is 355. The van der Waals surface area contributed by atoms with E-state index in [1.807, 2.05) is 17.5 Å². The number of nitrogens with one attached hydrogen (secondary N) is 1. The predicted molar refractivity (Wildman–Crippen MR) is 69.8 cm³/mol. The van der Waals surface area contributed by atoms with E-state index in [1.165, 1.54) is 22.7 Å². The molecule has 1 heterocycles. The van der Waals surface area contributed by atoms with Crippen LogP contribution in [0.15, 0.2) is 6.20 Å². The summed E-state index contributed by atoms with van der Waals surface area (Å²) < 4.78 is 0. The SMILES string of the molecule is CCc1cnc(C(C)NC(C)C2(C)CC2)s1. The molecule has 1 saturated carbocycles. The number of aryl methyl sites for hydroxylation is 1. The standard InChI is InChI=1S/C13H22N2S/c1-5-11-8-14-12(16-11)9(2)15-10(3)13(4)6-7-13/h8-10,15H,5-7H2,1-4H3. The van der Waals surface area contributed by atoms with Crippen molar-refractivity contribution >= 4 is 11.3 Å². The van der Waals surface area contributed by atoms with Crippen LogP contribution in [0.4, 0.5) is 0 Å². The largest absolute Gasteiger partial charge is 0.305 e. The lowest BCUT2D eigenvalue weighted by atomic mass is 10.0. The third-order valence-corrected chi connectivity index (χ3v) is 5.20. The Morgan fingerprint density at radius 2 is 2.19 bits per heavy atom. The molecule has 2 atom stereocenters. The zero-order valence-electron chi connectivity index (χ0n) is 10.7. The molecule has 0 radical (unpaired) electrons. The molecule has 2 nitrogen and oxygen atoms in total. The van der Waals surface area contributed by atoms with Gasteiger partial charge in [0.05, 0.1) is 6.04 Å². The smallest absolute Gasteiger partial charge is 0.109 e.